The minimum absolute atomic E-state index is 0.0512. The molecule has 1 rings (SSSR count). The number of ether oxygens (including phenoxy) is 1. The molecule has 0 aliphatic heterocycles. The first-order valence-corrected chi connectivity index (χ1v) is 7.46. The number of hydrogen-bond acceptors (Lipinski definition) is 3. The quantitative estimate of drug-likeness (QED) is 0.811. The molecule has 0 aromatic heterocycles. The van der Waals surface area contributed by atoms with E-state index in [0.29, 0.717) is 13.1 Å². The van der Waals surface area contributed by atoms with Crippen LogP contribution in [-0.2, 0) is 11.2 Å². The van der Waals surface area contributed by atoms with Crippen molar-refractivity contribution < 1.29 is 9.53 Å². The van der Waals surface area contributed by atoms with Crippen LogP contribution in [0.3, 0.4) is 0 Å². The Balaban J connectivity index is 2.44. The molecular formula is C17H28N2O2. The molecule has 3 N–H and O–H groups in total. The Labute approximate surface area is 128 Å². The molecule has 1 atom stereocenters. The molecule has 0 bridgehead atoms. The summed E-state index contributed by atoms with van der Waals surface area (Å²) in [6.45, 7) is 7.38. The van der Waals surface area contributed by atoms with Gasteiger partial charge in [-0.1, -0.05) is 32.9 Å². The molecule has 0 radical (unpaired) electrons. The summed E-state index contributed by atoms with van der Waals surface area (Å²) >= 11 is 0. The summed E-state index contributed by atoms with van der Waals surface area (Å²) in [5.74, 6) is 0.775. The van der Waals surface area contributed by atoms with Crippen LogP contribution in [0.15, 0.2) is 24.3 Å². The zero-order valence-corrected chi connectivity index (χ0v) is 13.6. The molecule has 0 heterocycles. The molecule has 21 heavy (non-hydrogen) atoms. The van der Waals surface area contributed by atoms with Crippen molar-refractivity contribution in [2.24, 2.45) is 17.1 Å². The van der Waals surface area contributed by atoms with Gasteiger partial charge in [0.2, 0.25) is 5.91 Å². The van der Waals surface area contributed by atoms with Crippen molar-refractivity contribution in [1.29, 1.82) is 0 Å². The largest absolute Gasteiger partial charge is 0.497 e. The summed E-state index contributed by atoms with van der Waals surface area (Å²) in [5, 5.41) is 2.98. The van der Waals surface area contributed by atoms with Crippen molar-refractivity contribution in [2.45, 2.75) is 33.6 Å². The van der Waals surface area contributed by atoms with Gasteiger partial charge in [0.15, 0.2) is 0 Å². The van der Waals surface area contributed by atoms with Crippen LogP contribution in [0.5, 0.6) is 5.75 Å². The summed E-state index contributed by atoms with van der Waals surface area (Å²) in [7, 11) is 1.65. The molecule has 4 heteroatoms. The van der Waals surface area contributed by atoms with Crippen molar-refractivity contribution in [3.63, 3.8) is 0 Å². The molecule has 1 amide bonds. The van der Waals surface area contributed by atoms with E-state index < -0.39 is 0 Å². The van der Waals surface area contributed by atoms with Gasteiger partial charge in [-0.15, -0.1) is 0 Å². The fourth-order valence-corrected chi connectivity index (χ4v) is 2.32. The maximum absolute atomic E-state index is 12.1. The lowest BCUT2D eigenvalue weighted by molar-refractivity contribution is -0.125. The number of hydrogen-bond donors (Lipinski definition) is 2. The normalized spacial score (nSPS) is 12.8. The van der Waals surface area contributed by atoms with Crippen LogP contribution in [-0.4, -0.2) is 26.1 Å². The Kier molecular flexibility index (Phi) is 6.69. The lowest BCUT2D eigenvalue weighted by Gasteiger charge is -2.24. The summed E-state index contributed by atoms with van der Waals surface area (Å²) in [5.41, 5.74) is 6.98. The van der Waals surface area contributed by atoms with Gasteiger partial charge >= 0.3 is 0 Å². The van der Waals surface area contributed by atoms with Gasteiger partial charge in [0.05, 0.1) is 13.0 Å². The van der Waals surface area contributed by atoms with E-state index in [0.717, 1.165) is 24.2 Å². The SMILES string of the molecule is COc1cccc(CCNC(=O)C(CN)CC(C)(C)C)c1. The monoisotopic (exact) mass is 292 g/mol. The molecule has 4 nitrogen and oxygen atoms in total. The van der Waals surface area contributed by atoms with Crippen LogP contribution in [0.1, 0.15) is 32.8 Å². The Morgan fingerprint density at radius 3 is 2.67 bits per heavy atom. The van der Waals surface area contributed by atoms with E-state index >= 15 is 0 Å². The van der Waals surface area contributed by atoms with Crippen LogP contribution in [0, 0.1) is 11.3 Å². The summed E-state index contributed by atoms with van der Waals surface area (Å²) in [4.78, 5) is 12.1. The maximum Gasteiger partial charge on any atom is 0.224 e. The predicted molar refractivity (Wildman–Crippen MR) is 86.3 cm³/mol. The van der Waals surface area contributed by atoms with Gasteiger partial charge in [0, 0.05) is 13.1 Å². The average Bonchev–Trinajstić information content (AvgIpc) is 2.44. The van der Waals surface area contributed by atoms with Crippen molar-refractivity contribution in [1.82, 2.24) is 5.32 Å². The van der Waals surface area contributed by atoms with Crippen LogP contribution in [0.2, 0.25) is 0 Å². The highest BCUT2D eigenvalue weighted by atomic mass is 16.5. The minimum Gasteiger partial charge on any atom is -0.497 e. The first-order valence-electron chi connectivity index (χ1n) is 7.46. The number of carbonyl (C=O) groups excluding carboxylic acids is 1. The van der Waals surface area contributed by atoms with Gasteiger partial charge in [0.1, 0.15) is 5.75 Å². The first kappa shape index (κ1) is 17.5. The average molecular weight is 292 g/mol. The first-order chi connectivity index (χ1) is 9.85. The van der Waals surface area contributed by atoms with Crippen molar-refractivity contribution in [2.75, 3.05) is 20.2 Å². The van der Waals surface area contributed by atoms with E-state index in [9.17, 15) is 4.79 Å². The highest BCUT2D eigenvalue weighted by molar-refractivity contribution is 5.78. The molecule has 0 fully saturated rings. The molecule has 0 saturated carbocycles. The van der Waals surface area contributed by atoms with Crippen LogP contribution >= 0.6 is 0 Å². The third kappa shape index (κ3) is 6.63. The van der Waals surface area contributed by atoms with Crippen molar-refractivity contribution in [3.05, 3.63) is 29.8 Å². The van der Waals surface area contributed by atoms with E-state index in [2.05, 4.69) is 26.1 Å². The fraction of sp³-hybridized carbons (Fsp3) is 0.588. The number of methoxy groups -OCH3 is 1. The second kappa shape index (κ2) is 8.03. The highest BCUT2D eigenvalue weighted by Crippen LogP contribution is 2.24. The zero-order valence-electron chi connectivity index (χ0n) is 13.6. The number of benzene rings is 1. The summed E-state index contributed by atoms with van der Waals surface area (Å²) < 4.78 is 5.19. The molecule has 0 aliphatic rings. The van der Waals surface area contributed by atoms with E-state index in [-0.39, 0.29) is 17.2 Å². The lowest BCUT2D eigenvalue weighted by Crippen LogP contribution is -2.38. The number of rotatable bonds is 7. The minimum atomic E-state index is -0.115. The van der Waals surface area contributed by atoms with Crippen LogP contribution < -0.4 is 15.8 Å². The Hall–Kier alpha value is -1.55. The van der Waals surface area contributed by atoms with Crippen molar-refractivity contribution in [3.8, 4) is 5.75 Å². The second-order valence-electron chi connectivity index (χ2n) is 6.59. The van der Waals surface area contributed by atoms with Gasteiger partial charge in [-0.05, 0) is 36.0 Å². The van der Waals surface area contributed by atoms with Gasteiger partial charge < -0.3 is 15.8 Å². The lowest BCUT2D eigenvalue weighted by atomic mass is 9.84. The molecular weight excluding hydrogens is 264 g/mol. The summed E-state index contributed by atoms with van der Waals surface area (Å²) in [6.07, 6.45) is 1.59. The molecule has 0 spiro atoms. The summed E-state index contributed by atoms with van der Waals surface area (Å²) in [6, 6.07) is 7.89. The maximum atomic E-state index is 12.1. The third-order valence-electron chi connectivity index (χ3n) is 3.36. The Bertz CT molecular complexity index is 452. The molecule has 1 aromatic rings. The molecule has 0 aliphatic carbocycles. The van der Waals surface area contributed by atoms with Crippen LogP contribution in [0.4, 0.5) is 0 Å². The van der Waals surface area contributed by atoms with Gasteiger partial charge in [-0.25, -0.2) is 0 Å². The van der Waals surface area contributed by atoms with Crippen LogP contribution in [0.25, 0.3) is 0 Å². The van der Waals surface area contributed by atoms with Crippen molar-refractivity contribution >= 4 is 5.91 Å². The highest BCUT2D eigenvalue weighted by Gasteiger charge is 2.23. The standard InChI is InChI=1S/C17H28N2O2/c1-17(2,3)11-14(12-18)16(20)19-9-8-13-6-5-7-15(10-13)21-4/h5-7,10,14H,8-9,11-12,18H2,1-4H3,(H,19,20). The fourth-order valence-electron chi connectivity index (χ4n) is 2.32. The molecule has 1 aromatic carbocycles. The second-order valence-corrected chi connectivity index (χ2v) is 6.59. The molecule has 118 valence electrons. The van der Waals surface area contributed by atoms with E-state index in [4.69, 9.17) is 10.5 Å². The zero-order chi connectivity index (χ0) is 15.9. The van der Waals surface area contributed by atoms with Gasteiger partial charge in [-0.2, -0.15) is 0 Å². The topological polar surface area (TPSA) is 64.3 Å². The number of carbonyl (C=O) groups is 1. The smallest absolute Gasteiger partial charge is 0.224 e. The molecule has 0 saturated heterocycles. The predicted octanol–water partition coefficient (Wildman–Crippen LogP) is 2.37. The Morgan fingerprint density at radius 1 is 1.38 bits per heavy atom. The van der Waals surface area contributed by atoms with Gasteiger partial charge in [0.25, 0.3) is 0 Å². The van der Waals surface area contributed by atoms with Gasteiger partial charge in [-0.3, -0.25) is 4.79 Å². The number of amides is 1. The number of nitrogens with two attached hydrogens (primary N) is 1. The molecule has 1 unspecified atom stereocenters. The van der Waals surface area contributed by atoms with E-state index in [1.165, 1.54) is 0 Å². The Morgan fingerprint density at radius 2 is 2.10 bits per heavy atom. The van der Waals surface area contributed by atoms with E-state index in [1.54, 1.807) is 7.11 Å². The number of nitrogens with one attached hydrogen (secondary N) is 1. The third-order valence-corrected chi connectivity index (χ3v) is 3.36. The van der Waals surface area contributed by atoms with E-state index in [1.807, 2.05) is 24.3 Å².